The monoisotopic (exact) mass is 119 g/mol. The fourth-order valence-electron chi connectivity index (χ4n) is 1.06. The summed E-state index contributed by atoms with van der Waals surface area (Å²) in [4.78, 5) is 0. The van der Waals surface area contributed by atoms with Gasteiger partial charge in [0, 0.05) is 12.0 Å². The third-order valence-corrected chi connectivity index (χ3v) is 1.57. The minimum atomic E-state index is 0.231. The van der Waals surface area contributed by atoms with Crippen molar-refractivity contribution in [1.82, 2.24) is 0 Å². The number of hydrogen-bond acceptors (Lipinski definition) is 1. The molecule has 0 aromatic heterocycles. The van der Waals surface area contributed by atoms with E-state index in [4.69, 9.17) is 4.74 Å². The van der Waals surface area contributed by atoms with Gasteiger partial charge in [-0.05, 0) is 6.08 Å². The summed E-state index contributed by atoms with van der Waals surface area (Å²) in [5.74, 6) is 0.370. The molecule has 45 valence electrons. The second-order valence-electron chi connectivity index (χ2n) is 2.18. The van der Waals surface area contributed by atoms with Gasteiger partial charge in [0.25, 0.3) is 0 Å². The van der Waals surface area contributed by atoms with Gasteiger partial charge < -0.3 is 4.74 Å². The topological polar surface area (TPSA) is 9.23 Å². The molecule has 0 saturated carbocycles. The van der Waals surface area contributed by atoms with Gasteiger partial charge in [0.15, 0.2) is 0 Å². The number of hydrogen-bond donors (Lipinski definition) is 0. The van der Waals surface area contributed by atoms with Crippen LogP contribution in [0, 0.1) is 12.0 Å². The number of fused-ring (bicyclic) bond motifs is 1. The average molecular weight is 119 g/mol. The molecule has 9 heavy (non-hydrogen) atoms. The Balaban J connectivity index is 2.25. The lowest BCUT2D eigenvalue weighted by Gasteiger charge is -2.12. The highest BCUT2D eigenvalue weighted by atomic mass is 16.5. The largest absolute Gasteiger partial charge is 0.493 e. The van der Waals surface area contributed by atoms with Gasteiger partial charge in [0.1, 0.15) is 6.10 Å². The summed E-state index contributed by atoms with van der Waals surface area (Å²) in [6.45, 7) is 0. The van der Waals surface area contributed by atoms with Crippen molar-refractivity contribution in [3.8, 4) is 0 Å². The number of ether oxygens (including phenoxy) is 1. The van der Waals surface area contributed by atoms with Crippen LogP contribution in [-0.4, -0.2) is 6.10 Å². The molecule has 1 radical (unpaired) electrons. The van der Waals surface area contributed by atoms with E-state index in [2.05, 4.69) is 12.2 Å². The minimum absolute atomic E-state index is 0.231. The molecule has 0 aromatic rings. The molecular formula is C8H7O. The number of allylic oxidation sites excluding steroid dienone is 2. The maximum absolute atomic E-state index is 5.18. The van der Waals surface area contributed by atoms with Crippen molar-refractivity contribution in [2.75, 3.05) is 0 Å². The van der Waals surface area contributed by atoms with Gasteiger partial charge in [-0.25, -0.2) is 0 Å². The molecule has 0 aromatic carbocycles. The predicted molar refractivity (Wildman–Crippen MR) is 34.5 cm³/mol. The number of rotatable bonds is 0. The van der Waals surface area contributed by atoms with E-state index in [0.717, 1.165) is 0 Å². The Morgan fingerprint density at radius 2 is 2.11 bits per heavy atom. The third-order valence-electron chi connectivity index (χ3n) is 1.57. The fraction of sp³-hybridized carbons (Fsp3) is 0.250. The lowest BCUT2D eigenvalue weighted by atomic mass is 10.00. The molecule has 1 heteroatoms. The van der Waals surface area contributed by atoms with Crippen molar-refractivity contribution in [2.24, 2.45) is 5.92 Å². The minimum Gasteiger partial charge on any atom is -0.493 e. The zero-order valence-electron chi connectivity index (χ0n) is 4.95. The van der Waals surface area contributed by atoms with E-state index in [-0.39, 0.29) is 6.10 Å². The molecule has 1 aliphatic heterocycles. The quantitative estimate of drug-likeness (QED) is 0.469. The molecule has 0 bridgehead atoms. The summed E-state index contributed by atoms with van der Waals surface area (Å²) in [5, 5.41) is 0. The van der Waals surface area contributed by atoms with E-state index >= 15 is 0 Å². The van der Waals surface area contributed by atoms with Crippen molar-refractivity contribution in [2.45, 2.75) is 6.10 Å². The van der Waals surface area contributed by atoms with Gasteiger partial charge >= 0.3 is 0 Å². The SMILES string of the molecule is [C]1=COC2C=CC=CC12. The predicted octanol–water partition coefficient (Wildman–Crippen LogP) is 1.44. The van der Waals surface area contributed by atoms with Crippen LogP contribution in [0.4, 0.5) is 0 Å². The van der Waals surface area contributed by atoms with Crippen molar-refractivity contribution < 1.29 is 4.74 Å². The second kappa shape index (κ2) is 1.76. The van der Waals surface area contributed by atoms with Crippen LogP contribution in [0.15, 0.2) is 30.6 Å². The molecule has 2 rings (SSSR count). The van der Waals surface area contributed by atoms with Crippen molar-refractivity contribution in [3.05, 3.63) is 36.6 Å². The Morgan fingerprint density at radius 1 is 1.22 bits per heavy atom. The first-order valence-corrected chi connectivity index (χ1v) is 3.05. The van der Waals surface area contributed by atoms with Crippen LogP contribution in [0.2, 0.25) is 0 Å². The molecule has 1 heterocycles. The molecular weight excluding hydrogens is 112 g/mol. The van der Waals surface area contributed by atoms with Gasteiger partial charge in [0.05, 0.1) is 6.26 Å². The smallest absolute Gasteiger partial charge is 0.127 e. The zero-order chi connectivity index (χ0) is 6.10. The molecule has 1 nitrogen and oxygen atoms in total. The molecule has 2 atom stereocenters. The van der Waals surface area contributed by atoms with Gasteiger partial charge in [-0.2, -0.15) is 0 Å². The zero-order valence-corrected chi connectivity index (χ0v) is 4.95. The molecule has 1 aliphatic carbocycles. The van der Waals surface area contributed by atoms with Gasteiger partial charge in [-0.1, -0.05) is 18.2 Å². The van der Waals surface area contributed by atoms with Crippen LogP contribution in [0.5, 0.6) is 0 Å². The van der Waals surface area contributed by atoms with Crippen molar-refractivity contribution >= 4 is 0 Å². The van der Waals surface area contributed by atoms with Crippen molar-refractivity contribution in [3.63, 3.8) is 0 Å². The van der Waals surface area contributed by atoms with E-state index in [0.29, 0.717) is 5.92 Å². The van der Waals surface area contributed by atoms with Gasteiger partial charge in [-0.3, -0.25) is 0 Å². The summed E-state index contributed by atoms with van der Waals surface area (Å²) in [6.07, 6.45) is 13.1. The molecule has 0 fully saturated rings. The first-order chi connectivity index (χ1) is 4.47. The van der Waals surface area contributed by atoms with Crippen LogP contribution < -0.4 is 0 Å². The Morgan fingerprint density at radius 3 is 3.00 bits per heavy atom. The van der Waals surface area contributed by atoms with Crippen LogP contribution in [0.1, 0.15) is 0 Å². The normalized spacial score (nSPS) is 36.4. The molecule has 2 unspecified atom stereocenters. The second-order valence-corrected chi connectivity index (χ2v) is 2.18. The standard InChI is InChI=1S/C8H7O/c1-2-4-8-7(3-1)5-6-9-8/h1-4,6-8H. The Kier molecular flexibility index (Phi) is 0.950. The van der Waals surface area contributed by atoms with E-state index in [1.54, 1.807) is 6.26 Å². The molecule has 0 spiro atoms. The molecule has 0 N–H and O–H groups in total. The summed E-state index contributed by atoms with van der Waals surface area (Å²) >= 11 is 0. The highest BCUT2D eigenvalue weighted by molar-refractivity contribution is 5.19. The summed E-state index contributed by atoms with van der Waals surface area (Å²) in [7, 11) is 0. The Bertz CT molecular complexity index is 189. The van der Waals surface area contributed by atoms with Crippen LogP contribution >= 0.6 is 0 Å². The molecule has 0 saturated heterocycles. The maximum Gasteiger partial charge on any atom is 0.127 e. The lowest BCUT2D eigenvalue weighted by molar-refractivity contribution is 0.192. The van der Waals surface area contributed by atoms with Gasteiger partial charge in [0.2, 0.25) is 0 Å². The lowest BCUT2D eigenvalue weighted by Crippen LogP contribution is -2.12. The average Bonchev–Trinajstić information content (AvgIpc) is 2.33. The first kappa shape index (κ1) is 4.86. The highest BCUT2D eigenvalue weighted by Crippen LogP contribution is 2.21. The Hall–Kier alpha value is -0.980. The van der Waals surface area contributed by atoms with Crippen LogP contribution in [0.3, 0.4) is 0 Å². The Labute approximate surface area is 54.3 Å². The van der Waals surface area contributed by atoms with Gasteiger partial charge in [-0.15, -0.1) is 0 Å². The summed E-state index contributed by atoms with van der Waals surface area (Å²) in [5.41, 5.74) is 0. The van der Waals surface area contributed by atoms with Crippen molar-refractivity contribution in [1.29, 1.82) is 0 Å². The fourth-order valence-corrected chi connectivity index (χ4v) is 1.06. The first-order valence-electron chi connectivity index (χ1n) is 3.05. The maximum atomic E-state index is 5.18. The van der Waals surface area contributed by atoms with E-state index in [1.807, 2.05) is 18.2 Å². The van der Waals surface area contributed by atoms with Crippen LogP contribution in [-0.2, 0) is 4.74 Å². The highest BCUT2D eigenvalue weighted by Gasteiger charge is 2.20. The van der Waals surface area contributed by atoms with Crippen LogP contribution in [0.25, 0.3) is 0 Å². The summed E-state index contributed by atoms with van der Waals surface area (Å²) < 4.78 is 5.18. The van der Waals surface area contributed by atoms with E-state index in [9.17, 15) is 0 Å². The molecule has 0 amide bonds. The summed E-state index contributed by atoms with van der Waals surface area (Å²) in [6, 6.07) is 0. The third kappa shape index (κ3) is 0.689. The van der Waals surface area contributed by atoms with E-state index in [1.165, 1.54) is 0 Å². The van der Waals surface area contributed by atoms with E-state index < -0.39 is 0 Å². The molecule has 2 aliphatic rings.